The minimum Gasteiger partial charge on any atom is -0.396 e. The van der Waals surface area contributed by atoms with E-state index < -0.39 is 29.1 Å². The number of carbonyl (C=O) groups excluding carboxylic acids is 3. The van der Waals surface area contributed by atoms with Crippen molar-refractivity contribution in [3.8, 4) is 0 Å². The lowest BCUT2D eigenvalue weighted by molar-refractivity contribution is -0.144. The molecule has 2 aromatic carbocycles. The summed E-state index contributed by atoms with van der Waals surface area (Å²) in [5.41, 5.74) is 0.727. The summed E-state index contributed by atoms with van der Waals surface area (Å²) in [6, 6.07) is 16.4. The SMILES string of the molecule is CCN(CC)c1ccc(NC(=O)C2N(CCCO)C(=O)[C@@H]3[C@H](C(=O)NCc4ccccc4)[C@]4(C)CCC23O4)cc1. The first-order chi connectivity index (χ1) is 19.3. The number of benzene rings is 2. The minimum absolute atomic E-state index is 0.109. The maximum atomic E-state index is 14.0. The number of rotatable bonds is 11. The van der Waals surface area contributed by atoms with E-state index in [4.69, 9.17) is 4.74 Å². The Balaban J connectivity index is 1.40. The minimum atomic E-state index is -1.10. The summed E-state index contributed by atoms with van der Waals surface area (Å²) in [5, 5.41) is 15.6. The van der Waals surface area contributed by atoms with Crippen molar-refractivity contribution < 1.29 is 24.2 Å². The van der Waals surface area contributed by atoms with Gasteiger partial charge in [0.15, 0.2) is 0 Å². The number of nitrogens with zero attached hydrogens (tertiary/aromatic N) is 2. The molecule has 9 nitrogen and oxygen atoms in total. The van der Waals surface area contributed by atoms with Gasteiger partial charge >= 0.3 is 0 Å². The van der Waals surface area contributed by atoms with Gasteiger partial charge in [-0.2, -0.15) is 0 Å². The van der Waals surface area contributed by atoms with E-state index in [2.05, 4.69) is 29.4 Å². The Bertz CT molecular complexity index is 1230. The van der Waals surface area contributed by atoms with Crippen molar-refractivity contribution in [2.45, 2.75) is 63.8 Å². The molecule has 3 N–H and O–H groups in total. The molecule has 3 fully saturated rings. The van der Waals surface area contributed by atoms with Crippen molar-refractivity contribution in [3.63, 3.8) is 0 Å². The summed E-state index contributed by atoms with van der Waals surface area (Å²) in [4.78, 5) is 45.2. The van der Waals surface area contributed by atoms with Crippen LogP contribution in [-0.2, 0) is 25.7 Å². The fourth-order valence-electron chi connectivity index (χ4n) is 7.06. The highest BCUT2D eigenvalue weighted by Gasteiger charge is 2.77. The average molecular weight is 549 g/mol. The van der Waals surface area contributed by atoms with Crippen molar-refractivity contribution in [3.05, 3.63) is 60.2 Å². The molecule has 40 heavy (non-hydrogen) atoms. The van der Waals surface area contributed by atoms with E-state index in [1.54, 1.807) is 0 Å². The summed E-state index contributed by atoms with van der Waals surface area (Å²) in [6.45, 7) is 8.30. The molecule has 0 radical (unpaired) electrons. The molecular formula is C31H40N4O5. The number of carbonyl (C=O) groups is 3. The number of amides is 3. The quantitative estimate of drug-likeness (QED) is 0.398. The van der Waals surface area contributed by atoms with Crippen LogP contribution in [0.25, 0.3) is 0 Å². The summed E-state index contributed by atoms with van der Waals surface area (Å²) < 4.78 is 6.64. The number of hydrogen-bond donors (Lipinski definition) is 3. The van der Waals surface area contributed by atoms with Crippen LogP contribution in [0.5, 0.6) is 0 Å². The Labute approximate surface area is 235 Å². The zero-order valence-electron chi connectivity index (χ0n) is 23.6. The van der Waals surface area contributed by atoms with Gasteiger partial charge in [0.2, 0.25) is 17.7 Å². The molecule has 3 saturated heterocycles. The smallest absolute Gasteiger partial charge is 0.250 e. The maximum absolute atomic E-state index is 14.0. The molecule has 0 saturated carbocycles. The largest absolute Gasteiger partial charge is 0.396 e. The zero-order valence-corrected chi connectivity index (χ0v) is 23.6. The number of likely N-dealkylation sites (tertiary alicyclic amines) is 1. The fourth-order valence-corrected chi connectivity index (χ4v) is 7.06. The molecule has 9 heteroatoms. The molecule has 3 amide bonds. The van der Waals surface area contributed by atoms with Crippen LogP contribution in [0.4, 0.5) is 11.4 Å². The van der Waals surface area contributed by atoms with Gasteiger partial charge in [-0.25, -0.2) is 0 Å². The van der Waals surface area contributed by atoms with Gasteiger partial charge < -0.3 is 30.3 Å². The van der Waals surface area contributed by atoms with E-state index in [1.807, 2.05) is 61.5 Å². The molecular weight excluding hydrogens is 508 g/mol. The second-order valence-corrected chi connectivity index (χ2v) is 11.2. The topological polar surface area (TPSA) is 111 Å². The third kappa shape index (κ3) is 4.75. The predicted octanol–water partition coefficient (Wildman–Crippen LogP) is 2.93. The monoisotopic (exact) mass is 548 g/mol. The Morgan fingerprint density at radius 2 is 1.75 bits per heavy atom. The van der Waals surface area contributed by atoms with Crippen LogP contribution in [0.1, 0.15) is 45.6 Å². The lowest BCUT2D eigenvalue weighted by Gasteiger charge is -2.33. The lowest BCUT2D eigenvalue weighted by atomic mass is 9.66. The Morgan fingerprint density at radius 1 is 1.05 bits per heavy atom. The van der Waals surface area contributed by atoms with Crippen molar-refractivity contribution in [2.75, 3.05) is 36.5 Å². The van der Waals surface area contributed by atoms with Gasteiger partial charge in [-0.3, -0.25) is 14.4 Å². The first kappa shape index (κ1) is 28.1. The highest BCUT2D eigenvalue weighted by Crippen LogP contribution is 2.63. The summed E-state index contributed by atoms with van der Waals surface area (Å²) in [6.07, 6.45) is 1.42. The number of fused-ring (bicyclic) bond motifs is 1. The van der Waals surface area contributed by atoms with Gasteiger partial charge in [-0.15, -0.1) is 0 Å². The predicted molar refractivity (Wildman–Crippen MR) is 153 cm³/mol. The van der Waals surface area contributed by atoms with E-state index >= 15 is 0 Å². The van der Waals surface area contributed by atoms with Crippen LogP contribution < -0.4 is 15.5 Å². The molecule has 3 heterocycles. The Kier molecular flexibility index (Phi) is 7.88. The van der Waals surface area contributed by atoms with Crippen molar-refractivity contribution in [1.29, 1.82) is 0 Å². The highest BCUT2D eigenvalue weighted by molar-refractivity contribution is 6.03. The van der Waals surface area contributed by atoms with Gasteiger partial charge in [-0.05, 0) is 69.9 Å². The number of aliphatic hydroxyl groups excluding tert-OH is 1. The highest BCUT2D eigenvalue weighted by atomic mass is 16.5. The van der Waals surface area contributed by atoms with Crippen molar-refractivity contribution in [2.24, 2.45) is 11.8 Å². The van der Waals surface area contributed by atoms with Gasteiger partial charge in [0, 0.05) is 44.2 Å². The van der Waals surface area contributed by atoms with Crippen LogP contribution in [-0.4, -0.2) is 71.2 Å². The van der Waals surface area contributed by atoms with E-state index in [-0.39, 0.29) is 30.9 Å². The number of ether oxygens (including phenoxy) is 1. The molecule has 2 aromatic rings. The van der Waals surface area contributed by atoms with E-state index in [9.17, 15) is 19.5 Å². The first-order valence-corrected chi connectivity index (χ1v) is 14.4. The molecule has 214 valence electrons. The van der Waals surface area contributed by atoms with Gasteiger partial charge in [0.1, 0.15) is 11.6 Å². The maximum Gasteiger partial charge on any atom is 0.250 e. The van der Waals surface area contributed by atoms with E-state index in [1.165, 1.54) is 4.90 Å². The molecule has 3 aliphatic heterocycles. The summed E-state index contributed by atoms with van der Waals surface area (Å²) >= 11 is 0. The summed E-state index contributed by atoms with van der Waals surface area (Å²) in [7, 11) is 0. The van der Waals surface area contributed by atoms with E-state index in [0.29, 0.717) is 31.5 Å². The van der Waals surface area contributed by atoms with Crippen molar-refractivity contribution >= 4 is 29.1 Å². The number of hydrogen-bond acceptors (Lipinski definition) is 6. The fraction of sp³-hybridized carbons (Fsp3) is 0.516. The Morgan fingerprint density at radius 3 is 2.40 bits per heavy atom. The second kappa shape index (κ2) is 11.2. The molecule has 2 bridgehead atoms. The number of nitrogens with one attached hydrogen (secondary N) is 2. The van der Waals surface area contributed by atoms with Crippen LogP contribution in [0.15, 0.2) is 54.6 Å². The average Bonchev–Trinajstić information content (AvgIpc) is 3.53. The molecule has 3 aliphatic rings. The van der Waals surface area contributed by atoms with Crippen LogP contribution >= 0.6 is 0 Å². The van der Waals surface area contributed by atoms with Crippen molar-refractivity contribution in [1.82, 2.24) is 10.2 Å². The number of aliphatic hydroxyl groups is 1. The third-order valence-electron chi connectivity index (χ3n) is 8.94. The molecule has 2 unspecified atom stereocenters. The first-order valence-electron chi connectivity index (χ1n) is 14.4. The molecule has 5 rings (SSSR count). The normalized spacial score (nSPS) is 28.4. The van der Waals surface area contributed by atoms with E-state index in [0.717, 1.165) is 24.3 Å². The number of anilines is 2. The molecule has 0 aliphatic carbocycles. The Hall–Kier alpha value is -3.43. The summed E-state index contributed by atoms with van der Waals surface area (Å²) in [5.74, 6) is -2.30. The lowest BCUT2D eigenvalue weighted by Crippen LogP contribution is -2.53. The van der Waals surface area contributed by atoms with Gasteiger partial charge in [-0.1, -0.05) is 30.3 Å². The standard InChI is InChI=1S/C31H40N4O5/c1-4-34(5-2)23-14-12-22(13-15-23)33-28(38)26-31-17-16-30(3,40-31)24(25(31)29(39)35(26)18-9-19-36)27(37)32-20-21-10-7-6-8-11-21/h6-8,10-15,24-26,36H,4-5,9,16-20H2,1-3H3,(H,32,37)(H,33,38)/t24-,25+,26?,30+,31?/m1/s1. The molecule has 5 atom stereocenters. The second-order valence-electron chi connectivity index (χ2n) is 11.2. The van der Waals surface area contributed by atoms with Crippen LogP contribution in [0.2, 0.25) is 0 Å². The van der Waals surface area contributed by atoms with Gasteiger partial charge in [0.05, 0.1) is 17.4 Å². The molecule has 0 aromatic heterocycles. The van der Waals surface area contributed by atoms with Crippen LogP contribution in [0.3, 0.4) is 0 Å². The third-order valence-corrected chi connectivity index (χ3v) is 8.94. The zero-order chi connectivity index (χ0) is 28.5. The van der Waals surface area contributed by atoms with Crippen LogP contribution in [0, 0.1) is 11.8 Å². The molecule has 1 spiro atoms. The van der Waals surface area contributed by atoms with Gasteiger partial charge in [0.25, 0.3) is 0 Å².